The van der Waals surface area contributed by atoms with E-state index in [0.29, 0.717) is 5.69 Å². The number of aromatic nitrogens is 2. The zero-order chi connectivity index (χ0) is 14.8. The van der Waals surface area contributed by atoms with Crippen molar-refractivity contribution in [3.05, 3.63) is 41.2 Å². The van der Waals surface area contributed by atoms with Gasteiger partial charge in [0.1, 0.15) is 0 Å². The zero-order valence-electron chi connectivity index (χ0n) is 10.3. The molecule has 0 bridgehead atoms. The molecule has 9 heteroatoms. The summed E-state index contributed by atoms with van der Waals surface area (Å²) in [6.45, 7) is 0. The van der Waals surface area contributed by atoms with Crippen LogP contribution in [0.3, 0.4) is 0 Å². The Hall–Kier alpha value is -2.06. The molecule has 0 aliphatic carbocycles. The summed E-state index contributed by atoms with van der Waals surface area (Å²) in [6.07, 6.45) is 3.97. The van der Waals surface area contributed by atoms with Crippen LogP contribution in [0.5, 0.6) is 0 Å². The lowest BCUT2D eigenvalue weighted by Crippen LogP contribution is -2.14. The number of aromatic amines is 1. The number of nitrogens with one attached hydrogen (secondary N) is 3. The third-order valence-corrected chi connectivity index (χ3v) is 3.20. The molecule has 0 aliphatic heterocycles. The number of halogens is 1. The van der Waals surface area contributed by atoms with Gasteiger partial charge in [0.05, 0.1) is 28.9 Å². The van der Waals surface area contributed by atoms with Gasteiger partial charge in [0.25, 0.3) is 5.91 Å². The maximum Gasteiger partial charge on any atom is 0.255 e. The minimum absolute atomic E-state index is 0.147. The van der Waals surface area contributed by atoms with Crippen molar-refractivity contribution in [2.75, 3.05) is 16.3 Å². The molecule has 7 nitrogen and oxygen atoms in total. The van der Waals surface area contributed by atoms with Crippen molar-refractivity contribution >= 4 is 38.9 Å². The first kappa shape index (κ1) is 14.4. The third-order valence-electron chi connectivity index (χ3n) is 2.28. The van der Waals surface area contributed by atoms with E-state index in [1.807, 2.05) is 0 Å². The van der Waals surface area contributed by atoms with Crippen molar-refractivity contribution in [3.8, 4) is 0 Å². The van der Waals surface area contributed by atoms with Gasteiger partial charge in [-0.1, -0.05) is 11.6 Å². The van der Waals surface area contributed by atoms with E-state index in [0.717, 1.165) is 6.26 Å². The Morgan fingerprint density at radius 2 is 2.15 bits per heavy atom. The van der Waals surface area contributed by atoms with E-state index < -0.39 is 15.9 Å². The average molecular weight is 315 g/mol. The van der Waals surface area contributed by atoms with Crippen LogP contribution < -0.4 is 10.0 Å². The predicted molar refractivity (Wildman–Crippen MR) is 76.5 cm³/mol. The van der Waals surface area contributed by atoms with E-state index in [1.54, 1.807) is 0 Å². The van der Waals surface area contributed by atoms with Crippen LogP contribution in [-0.4, -0.2) is 30.8 Å². The van der Waals surface area contributed by atoms with Gasteiger partial charge in [-0.3, -0.25) is 14.6 Å². The van der Waals surface area contributed by atoms with Crippen LogP contribution in [0.15, 0.2) is 30.6 Å². The molecule has 106 valence electrons. The number of rotatable bonds is 4. The van der Waals surface area contributed by atoms with E-state index in [4.69, 9.17) is 11.6 Å². The number of carbonyl (C=O) groups excluding carboxylic acids is 1. The first-order valence-electron chi connectivity index (χ1n) is 5.42. The van der Waals surface area contributed by atoms with Crippen molar-refractivity contribution in [3.63, 3.8) is 0 Å². The Labute approximate surface area is 120 Å². The summed E-state index contributed by atoms with van der Waals surface area (Å²) < 4.78 is 24.7. The fourth-order valence-corrected chi connectivity index (χ4v) is 2.26. The summed E-state index contributed by atoms with van der Waals surface area (Å²) >= 11 is 5.88. The van der Waals surface area contributed by atoms with Crippen LogP contribution in [0, 0.1) is 0 Å². The van der Waals surface area contributed by atoms with E-state index >= 15 is 0 Å². The lowest BCUT2D eigenvalue weighted by atomic mass is 10.2. The second-order valence-corrected chi connectivity index (χ2v) is 6.17. The van der Waals surface area contributed by atoms with Gasteiger partial charge in [-0.2, -0.15) is 5.10 Å². The Morgan fingerprint density at radius 3 is 2.75 bits per heavy atom. The largest absolute Gasteiger partial charge is 0.319 e. The second-order valence-electron chi connectivity index (χ2n) is 4.01. The van der Waals surface area contributed by atoms with Crippen LogP contribution in [0.2, 0.25) is 5.02 Å². The minimum atomic E-state index is -3.47. The number of hydrogen-bond acceptors (Lipinski definition) is 4. The highest BCUT2D eigenvalue weighted by molar-refractivity contribution is 7.92. The molecule has 0 aliphatic rings. The second kappa shape index (κ2) is 5.51. The van der Waals surface area contributed by atoms with E-state index in [-0.39, 0.29) is 16.3 Å². The lowest BCUT2D eigenvalue weighted by Gasteiger charge is -2.08. The SMILES string of the molecule is CS(=O)(=O)Nc1cc(C(=O)Nc2cn[nH]c2)ccc1Cl. The number of benzene rings is 1. The first-order chi connectivity index (χ1) is 9.35. The highest BCUT2D eigenvalue weighted by Gasteiger charge is 2.12. The molecule has 0 saturated carbocycles. The molecule has 0 spiro atoms. The van der Waals surface area contributed by atoms with Crippen LogP contribution in [-0.2, 0) is 10.0 Å². The Bertz CT molecular complexity index is 728. The van der Waals surface area contributed by atoms with Crippen molar-refractivity contribution in [2.45, 2.75) is 0 Å². The molecule has 0 unspecified atom stereocenters. The van der Waals surface area contributed by atoms with Gasteiger partial charge in [0, 0.05) is 11.8 Å². The quantitative estimate of drug-likeness (QED) is 0.798. The van der Waals surface area contributed by atoms with Crippen LogP contribution in [0.1, 0.15) is 10.4 Å². The van der Waals surface area contributed by atoms with Crippen molar-refractivity contribution in [1.82, 2.24) is 10.2 Å². The molecule has 1 aromatic heterocycles. The van der Waals surface area contributed by atoms with E-state index in [1.165, 1.54) is 30.6 Å². The molecule has 20 heavy (non-hydrogen) atoms. The van der Waals surface area contributed by atoms with Gasteiger partial charge < -0.3 is 5.32 Å². The van der Waals surface area contributed by atoms with Crippen LogP contribution in [0.4, 0.5) is 11.4 Å². The summed E-state index contributed by atoms with van der Waals surface area (Å²) in [5.41, 5.74) is 0.915. The molecule has 0 radical (unpaired) electrons. The zero-order valence-corrected chi connectivity index (χ0v) is 11.9. The smallest absolute Gasteiger partial charge is 0.255 e. The Kier molecular flexibility index (Phi) is 3.96. The molecule has 0 saturated heterocycles. The van der Waals surface area contributed by atoms with Gasteiger partial charge >= 0.3 is 0 Å². The summed E-state index contributed by atoms with van der Waals surface area (Å²) in [5.74, 6) is -0.403. The number of sulfonamides is 1. The number of nitrogens with zero attached hydrogens (tertiary/aromatic N) is 1. The van der Waals surface area contributed by atoms with Gasteiger partial charge in [-0.25, -0.2) is 8.42 Å². The normalized spacial score (nSPS) is 11.1. The molecular formula is C11H11ClN4O3S. The Morgan fingerprint density at radius 1 is 1.40 bits per heavy atom. The first-order valence-corrected chi connectivity index (χ1v) is 7.69. The maximum atomic E-state index is 12.0. The fraction of sp³-hybridized carbons (Fsp3) is 0.0909. The average Bonchev–Trinajstić information content (AvgIpc) is 2.83. The summed E-state index contributed by atoms with van der Waals surface area (Å²) in [5, 5.41) is 9.06. The lowest BCUT2D eigenvalue weighted by molar-refractivity contribution is 0.102. The maximum absolute atomic E-state index is 12.0. The fourth-order valence-electron chi connectivity index (χ4n) is 1.47. The number of hydrogen-bond donors (Lipinski definition) is 3. The molecule has 1 heterocycles. The predicted octanol–water partition coefficient (Wildman–Crippen LogP) is 1.69. The standard InChI is InChI=1S/C11H11ClN4O3S/c1-20(18,19)16-10-4-7(2-3-9(10)12)11(17)15-8-5-13-14-6-8/h2-6,16H,1H3,(H,13,14)(H,15,17). The van der Waals surface area contributed by atoms with Crippen molar-refractivity contribution < 1.29 is 13.2 Å². The monoisotopic (exact) mass is 314 g/mol. The molecule has 1 aromatic carbocycles. The van der Waals surface area contributed by atoms with Crippen LogP contribution in [0.25, 0.3) is 0 Å². The number of anilines is 2. The summed E-state index contributed by atoms with van der Waals surface area (Å²) in [4.78, 5) is 12.0. The number of H-pyrrole nitrogens is 1. The van der Waals surface area contributed by atoms with Crippen molar-refractivity contribution in [1.29, 1.82) is 0 Å². The highest BCUT2D eigenvalue weighted by atomic mass is 35.5. The summed E-state index contributed by atoms with van der Waals surface area (Å²) in [7, 11) is -3.47. The molecule has 0 atom stereocenters. The minimum Gasteiger partial charge on any atom is -0.319 e. The van der Waals surface area contributed by atoms with E-state index in [2.05, 4.69) is 20.2 Å². The summed E-state index contributed by atoms with van der Waals surface area (Å²) in [6, 6.07) is 4.29. The molecule has 1 amide bonds. The van der Waals surface area contributed by atoms with E-state index in [9.17, 15) is 13.2 Å². The van der Waals surface area contributed by atoms with Gasteiger partial charge in [0.2, 0.25) is 10.0 Å². The Balaban J connectivity index is 2.24. The molecule has 0 fully saturated rings. The number of carbonyl (C=O) groups is 1. The van der Waals surface area contributed by atoms with Crippen LogP contribution >= 0.6 is 11.6 Å². The number of amides is 1. The molecule has 3 N–H and O–H groups in total. The van der Waals surface area contributed by atoms with Gasteiger partial charge in [-0.15, -0.1) is 0 Å². The van der Waals surface area contributed by atoms with Gasteiger partial charge in [0.15, 0.2) is 0 Å². The highest BCUT2D eigenvalue weighted by Crippen LogP contribution is 2.24. The molecular weight excluding hydrogens is 304 g/mol. The topological polar surface area (TPSA) is 104 Å². The third kappa shape index (κ3) is 3.72. The van der Waals surface area contributed by atoms with Crippen molar-refractivity contribution in [2.24, 2.45) is 0 Å². The molecule has 2 rings (SSSR count). The van der Waals surface area contributed by atoms with Gasteiger partial charge in [-0.05, 0) is 18.2 Å². The molecule has 2 aromatic rings.